The summed E-state index contributed by atoms with van der Waals surface area (Å²) in [6.07, 6.45) is 0.889. The van der Waals surface area contributed by atoms with Gasteiger partial charge in [0.15, 0.2) is 0 Å². The molecule has 2 rings (SSSR count). The highest BCUT2D eigenvalue weighted by Gasteiger charge is 2.31. The van der Waals surface area contributed by atoms with Crippen LogP contribution in [-0.4, -0.2) is 28.1 Å². The van der Waals surface area contributed by atoms with Gasteiger partial charge in [0.25, 0.3) is 0 Å². The van der Waals surface area contributed by atoms with E-state index in [-0.39, 0.29) is 13.0 Å². The molecular formula is C16H21N3O4. The first-order valence-corrected chi connectivity index (χ1v) is 7.53. The van der Waals surface area contributed by atoms with Crippen molar-refractivity contribution in [3.05, 3.63) is 44.0 Å². The Labute approximate surface area is 132 Å². The number of aromatic nitrogens is 2. The Hall–Kier alpha value is -2.41. The van der Waals surface area contributed by atoms with E-state index in [4.69, 9.17) is 10.5 Å². The second-order valence-electron chi connectivity index (χ2n) is 5.70. The number of benzene rings is 1. The zero-order valence-corrected chi connectivity index (χ0v) is 13.5. The van der Waals surface area contributed by atoms with Gasteiger partial charge in [0, 0.05) is 6.42 Å². The Balaban J connectivity index is 2.62. The number of nitrogens with one attached hydrogen (secondary N) is 2. The van der Waals surface area contributed by atoms with Crippen molar-refractivity contribution in [1.82, 2.24) is 9.97 Å². The van der Waals surface area contributed by atoms with Crippen molar-refractivity contribution < 1.29 is 9.53 Å². The minimum absolute atomic E-state index is 0.189. The third-order valence-corrected chi connectivity index (χ3v) is 3.77. The zero-order valence-electron chi connectivity index (χ0n) is 13.5. The van der Waals surface area contributed by atoms with E-state index in [1.54, 1.807) is 19.9 Å². The van der Waals surface area contributed by atoms with Gasteiger partial charge < -0.3 is 20.4 Å². The highest BCUT2D eigenvalue weighted by atomic mass is 16.5. The van der Waals surface area contributed by atoms with Gasteiger partial charge in [-0.3, -0.25) is 14.4 Å². The molecule has 1 atom stereocenters. The fourth-order valence-corrected chi connectivity index (χ4v) is 2.56. The maximum absolute atomic E-state index is 12.0. The lowest BCUT2D eigenvalue weighted by molar-refractivity contribution is -0.148. The smallest absolute Gasteiger partial charge is 0.326 e. The van der Waals surface area contributed by atoms with Gasteiger partial charge in [-0.25, -0.2) is 0 Å². The molecule has 1 heterocycles. The normalized spacial score (nSPS) is 13.7. The molecule has 1 aromatic heterocycles. The first kappa shape index (κ1) is 17.0. The standard InChI is InChI=1S/C16H21N3O4/c1-4-9-6-7-11-12(19-14(21)13(20)18-11)10(9)8-16(3,17)15(22)23-5-2/h6-7H,4-5,8,17H2,1-3H3,(H,18,20)(H,19,21). The summed E-state index contributed by atoms with van der Waals surface area (Å²) in [4.78, 5) is 40.3. The van der Waals surface area contributed by atoms with Crippen LogP contribution in [0.1, 0.15) is 31.9 Å². The number of aryl methyl sites for hydroxylation is 1. The quantitative estimate of drug-likeness (QED) is 0.551. The molecule has 0 radical (unpaired) electrons. The van der Waals surface area contributed by atoms with E-state index in [9.17, 15) is 14.4 Å². The van der Waals surface area contributed by atoms with Gasteiger partial charge in [-0.15, -0.1) is 0 Å². The molecule has 4 N–H and O–H groups in total. The van der Waals surface area contributed by atoms with Crippen LogP contribution in [0.15, 0.2) is 21.7 Å². The third-order valence-electron chi connectivity index (χ3n) is 3.77. The van der Waals surface area contributed by atoms with Crippen molar-refractivity contribution in [2.75, 3.05) is 6.61 Å². The zero-order chi connectivity index (χ0) is 17.2. The molecule has 0 bridgehead atoms. The molecule has 23 heavy (non-hydrogen) atoms. The summed E-state index contributed by atoms with van der Waals surface area (Å²) in [6, 6.07) is 3.58. The van der Waals surface area contributed by atoms with Gasteiger partial charge in [-0.1, -0.05) is 13.0 Å². The summed E-state index contributed by atoms with van der Waals surface area (Å²) in [5.41, 5.74) is 6.11. The molecule has 0 aliphatic carbocycles. The van der Waals surface area contributed by atoms with Crippen molar-refractivity contribution in [3.8, 4) is 0 Å². The van der Waals surface area contributed by atoms with Crippen LogP contribution >= 0.6 is 0 Å². The maximum Gasteiger partial charge on any atom is 0.326 e. The van der Waals surface area contributed by atoms with Crippen LogP contribution in [-0.2, 0) is 22.4 Å². The highest BCUT2D eigenvalue weighted by Crippen LogP contribution is 2.23. The number of rotatable bonds is 5. The second-order valence-corrected chi connectivity index (χ2v) is 5.70. The fraction of sp³-hybridized carbons (Fsp3) is 0.438. The Kier molecular flexibility index (Phi) is 4.70. The minimum Gasteiger partial charge on any atom is -0.465 e. The molecule has 0 fully saturated rings. The lowest BCUT2D eigenvalue weighted by Gasteiger charge is -2.24. The van der Waals surface area contributed by atoms with E-state index in [0.717, 1.165) is 11.1 Å². The van der Waals surface area contributed by atoms with Gasteiger partial charge in [-0.05, 0) is 37.5 Å². The number of ether oxygens (including phenoxy) is 1. The van der Waals surface area contributed by atoms with E-state index in [1.165, 1.54) is 0 Å². The molecule has 1 unspecified atom stereocenters. The van der Waals surface area contributed by atoms with Crippen LogP contribution in [0, 0.1) is 0 Å². The Bertz CT molecular complexity index is 849. The predicted molar refractivity (Wildman–Crippen MR) is 87.5 cm³/mol. The number of aromatic amines is 2. The predicted octanol–water partition coefficient (Wildman–Crippen LogP) is 0.602. The van der Waals surface area contributed by atoms with Crippen LogP contribution in [0.2, 0.25) is 0 Å². The number of nitrogens with two attached hydrogens (primary N) is 1. The number of carbonyl (C=O) groups excluding carboxylic acids is 1. The van der Waals surface area contributed by atoms with Gasteiger partial charge >= 0.3 is 17.1 Å². The molecule has 7 heteroatoms. The van der Waals surface area contributed by atoms with Crippen molar-refractivity contribution >= 4 is 17.0 Å². The number of hydrogen-bond acceptors (Lipinski definition) is 5. The molecule has 2 aromatic rings. The average molecular weight is 319 g/mol. The van der Waals surface area contributed by atoms with E-state index < -0.39 is 22.6 Å². The lowest BCUT2D eigenvalue weighted by atomic mass is 9.89. The Morgan fingerprint density at radius 1 is 1.22 bits per heavy atom. The van der Waals surface area contributed by atoms with Crippen LogP contribution < -0.4 is 16.9 Å². The van der Waals surface area contributed by atoms with Crippen LogP contribution in [0.5, 0.6) is 0 Å². The van der Waals surface area contributed by atoms with Gasteiger partial charge in [-0.2, -0.15) is 0 Å². The van der Waals surface area contributed by atoms with Crippen molar-refractivity contribution in [2.24, 2.45) is 5.73 Å². The first-order chi connectivity index (χ1) is 10.8. The molecule has 1 aromatic carbocycles. The Morgan fingerprint density at radius 3 is 2.48 bits per heavy atom. The molecular weight excluding hydrogens is 298 g/mol. The van der Waals surface area contributed by atoms with E-state index in [1.807, 2.05) is 13.0 Å². The third kappa shape index (κ3) is 3.34. The summed E-state index contributed by atoms with van der Waals surface area (Å²) in [5, 5.41) is 0. The molecule has 0 aliphatic heterocycles. The largest absolute Gasteiger partial charge is 0.465 e. The van der Waals surface area contributed by atoms with E-state index in [2.05, 4.69) is 9.97 Å². The second kappa shape index (κ2) is 6.37. The molecule has 0 amide bonds. The molecule has 0 aliphatic rings. The van der Waals surface area contributed by atoms with Crippen molar-refractivity contribution in [2.45, 2.75) is 39.2 Å². The lowest BCUT2D eigenvalue weighted by Crippen LogP contribution is -2.48. The highest BCUT2D eigenvalue weighted by molar-refractivity contribution is 5.84. The fourth-order valence-electron chi connectivity index (χ4n) is 2.56. The summed E-state index contributed by atoms with van der Waals surface area (Å²) in [7, 11) is 0. The number of hydrogen-bond donors (Lipinski definition) is 3. The van der Waals surface area contributed by atoms with Gasteiger partial charge in [0.05, 0.1) is 17.6 Å². The molecule has 7 nitrogen and oxygen atoms in total. The maximum atomic E-state index is 12.0. The van der Waals surface area contributed by atoms with E-state index >= 15 is 0 Å². The monoisotopic (exact) mass is 319 g/mol. The first-order valence-electron chi connectivity index (χ1n) is 7.53. The van der Waals surface area contributed by atoms with Crippen LogP contribution in [0.25, 0.3) is 11.0 Å². The summed E-state index contributed by atoms with van der Waals surface area (Å²) < 4.78 is 5.01. The Morgan fingerprint density at radius 2 is 1.87 bits per heavy atom. The minimum atomic E-state index is -1.23. The molecule has 0 saturated carbocycles. The summed E-state index contributed by atoms with van der Waals surface area (Å²) >= 11 is 0. The van der Waals surface area contributed by atoms with Crippen LogP contribution in [0.4, 0.5) is 0 Å². The number of esters is 1. The molecule has 0 saturated heterocycles. The summed E-state index contributed by atoms with van der Waals surface area (Å²) in [6.45, 7) is 5.51. The van der Waals surface area contributed by atoms with Gasteiger partial charge in [0.1, 0.15) is 5.54 Å². The summed E-state index contributed by atoms with van der Waals surface area (Å²) in [5.74, 6) is -0.508. The number of fused-ring (bicyclic) bond motifs is 1. The SMILES string of the molecule is CCOC(=O)C(C)(N)Cc1c(CC)ccc2[nH]c(=O)c(=O)[nH]c12. The van der Waals surface area contributed by atoms with Crippen molar-refractivity contribution in [3.63, 3.8) is 0 Å². The average Bonchev–Trinajstić information content (AvgIpc) is 2.49. The van der Waals surface area contributed by atoms with E-state index in [0.29, 0.717) is 17.5 Å². The topological polar surface area (TPSA) is 118 Å². The number of H-pyrrole nitrogens is 2. The molecule has 0 spiro atoms. The van der Waals surface area contributed by atoms with Crippen molar-refractivity contribution in [1.29, 1.82) is 0 Å². The van der Waals surface area contributed by atoms with Crippen LogP contribution in [0.3, 0.4) is 0 Å². The number of carbonyl (C=O) groups is 1. The molecule has 124 valence electrons. The van der Waals surface area contributed by atoms with Gasteiger partial charge in [0.2, 0.25) is 0 Å².